The smallest absolute Gasteiger partial charge is 0.328 e. The molecule has 2 rings (SSSR count). The zero-order valence-corrected chi connectivity index (χ0v) is 16.7. The minimum Gasteiger partial charge on any atom is -0.355 e. The van der Waals surface area contributed by atoms with Gasteiger partial charge < -0.3 is 10.6 Å². The molecule has 27 heavy (non-hydrogen) atoms. The Labute approximate surface area is 165 Å². The summed E-state index contributed by atoms with van der Waals surface area (Å²) >= 11 is 5.40. The molecular weight excluding hydrogens is 390 g/mol. The Morgan fingerprint density at radius 2 is 1.74 bits per heavy atom. The molecule has 0 heterocycles. The molecule has 1 aromatic rings. The van der Waals surface area contributed by atoms with Gasteiger partial charge in [0.15, 0.2) is 0 Å². The number of urea groups is 1. The van der Waals surface area contributed by atoms with Gasteiger partial charge in [-0.05, 0) is 43.4 Å². The number of halogens is 1. The van der Waals surface area contributed by atoms with Crippen molar-refractivity contribution < 1.29 is 18.0 Å². The van der Waals surface area contributed by atoms with Crippen molar-refractivity contribution >= 4 is 33.6 Å². The van der Waals surface area contributed by atoms with Crippen molar-refractivity contribution in [1.29, 1.82) is 0 Å². The third-order valence-corrected chi connectivity index (χ3v) is 6.08. The summed E-state index contributed by atoms with van der Waals surface area (Å²) in [4.78, 5) is 23.1. The van der Waals surface area contributed by atoms with Crippen LogP contribution in [0.15, 0.2) is 29.2 Å². The summed E-state index contributed by atoms with van der Waals surface area (Å²) in [5.41, 5.74) is 0.945. The van der Waals surface area contributed by atoms with Crippen LogP contribution in [0.4, 0.5) is 4.79 Å². The lowest BCUT2D eigenvalue weighted by atomic mass is 9.96. The molecule has 1 saturated carbocycles. The SMILES string of the molecule is O=C(CCl)NCCCc1ccc(S(=O)(=O)NC(=O)NC2CCCCC2)cc1. The average Bonchev–Trinajstić information content (AvgIpc) is 2.65. The van der Waals surface area contributed by atoms with Gasteiger partial charge in [0.1, 0.15) is 5.88 Å². The number of alkyl halides is 1. The third-order valence-electron chi connectivity index (χ3n) is 4.49. The van der Waals surface area contributed by atoms with Crippen molar-refractivity contribution in [2.45, 2.75) is 55.9 Å². The van der Waals surface area contributed by atoms with Gasteiger partial charge in [0.05, 0.1) is 4.90 Å². The molecule has 1 fully saturated rings. The topological polar surface area (TPSA) is 104 Å². The Morgan fingerprint density at radius 1 is 1.07 bits per heavy atom. The summed E-state index contributed by atoms with van der Waals surface area (Å²) in [6, 6.07) is 5.72. The van der Waals surface area contributed by atoms with Crippen LogP contribution in [-0.4, -0.2) is 38.8 Å². The van der Waals surface area contributed by atoms with E-state index >= 15 is 0 Å². The number of carbonyl (C=O) groups is 2. The Balaban J connectivity index is 1.82. The van der Waals surface area contributed by atoms with Gasteiger partial charge in [0, 0.05) is 12.6 Å². The molecule has 0 atom stereocenters. The van der Waals surface area contributed by atoms with Crippen molar-refractivity contribution in [3.8, 4) is 0 Å². The van der Waals surface area contributed by atoms with Gasteiger partial charge in [-0.25, -0.2) is 17.9 Å². The Hall–Kier alpha value is -1.80. The predicted octanol–water partition coefficient (Wildman–Crippen LogP) is 2.29. The number of hydrogen-bond donors (Lipinski definition) is 3. The first-order valence-corrected chi connectivity index (χ1v) is 11.2. The highest BCUT2D eigenvalue weighted by atomic mass is 35.5. The first kappa shape index (κ1) is 21.5. The summed E-state index contributed by atoms with van der Waals surface area (Å²) in [5.74, 6) is -0.274. The van der Waals surface area contributed by atoms with Crippen LogP contribution in [0.2, 0.25) is 0 Å². The minimum absolute atomic E-state index is 0.0376. The maximum atomic E-state index is 12.3. The monoisotopic (exact) mass is 415 g/mol. The molecule has 1 aliphatic rings. The zero-order chi connectivity index (χ0) is 19.7. The number of hydrogen-bond acceptors (Lipinski definition) is 4. The molecular formula is C18H26ClN3O4S. The Bertz CT molecular complexity index is 731. The van der Waals surface area contributed by atoms with E-state index < -0.39 is 16.1 Å². The van der Waals surface area contributed by atoms with E-state index in [2.05, 4.69) is 15.4 Å². The fourth-order valence-corrected chi connectivity index (χ4v) is 4.06. The highest BCUT2D eigenvalue weighted by Crippen LogP contribution is 2.17. The molecule has 0 aliphatic heterocycles. The van der Waals surface area contributed by atoms with Gasteiger partial charge in [0.25, 0.3) is 10.0 Å². The predicted molar refractivity (Wildman–Crippen MR) is 104 cm³/mol. The van der Waals surface area contributed by atoms with Crippen molar-refractivity contribution in [2.75, 3.05) is 12.4 Å². The number of aryl methyl sites for hydroxylation is 1. The van der Waals surface area contributed by atoms with E-state index in [4.69, 9.17) is 11.6 Å². The van der Waals surface area contributed by atoms with Crippen LogP contribution < -0.4 is 15.4 Å². The maximum absolute atomic E-state index is 12.3. The van der Waals surface area contributed by atoms with Crippen LogP contribution in [0.3, 0.4) is 0 Å². The number of nitrogens with one attached hydrogen (secondary N) is 3. The first-order valence-electron chi connectivity index (χ1n) is 9.15. The van der Waals surface area contributed by atoms with Crippen LogP contribution in [0.5, 0.6) is 0 Å². The van der Waals surface area contributed by atoms with E-state index in [1.54, 1.807) is 12.1 Å². The van der Waals surface area contributed by atoms with Gasteiger partial charge in [-0.15, -0.1) is 11.6 Å². The number of sulfonamides is 1. The minimum atomic E-state index is -3.90. The maximum Gasteiger partial charge on any atom is 0.328 e. The molecule has 7 nitrogen and oxygen atoms in total. The molecule has 0 bridgehead atoms. The normalized spacial score (nSPS) is 15.1. The van der Waals surface area contributed by atoms with Crippen LogP contribution in [-0.2, 0) is 21.2 Å². The van der Waals surface area contributed by atoms with Gasteiger partial charge >= 0.3 is 6.03 Å². The van der Waals surface area contributed by atoms with Crippen LogP contribution >= 0.6 is 11.6 Å². The van der Waals surface area contributed by atoms with Crippen molar-refractivity contribution in [3.63, 3.8) is 0 Å². The number of carbonyl (C=O) groups excluding carboxylic acids is 2. The quantitative estimate of drug-likeness (QED) is 0.447. The van der Waals surface area contributed by atoms with Crippen LogP contribution in [0.1, 0.15) is 44.1 Å². The average molecular weight is 416 g/mol. The van der Waals surface area contributed by atoms with E-state index in [1.807, 2.05) is 0 Å². The van der Waals surface area contributed by atoms with Gasteiger partial charge in [-0.3, -0.25) is 4.79 Å². The van der Waals surface area contributed by atoms with E-state index in [-0.39, 0.29) is 22.7 Å². The Morgan fingerprint density at radius 3 is 2.37 bits per heavy atom. The Kier molecular flexibility index (Phi) is 8.37. The van der Waals surface area contributed by atoms with Crippen molar-refractivity contribution in [1.82, 2.24) is 15.4 Å². The molecule has 150 valence electrons. The van der Waals surface area contributed by atoms with Crippen molar-refractivity contribution in [2.24, 2.45) is 0 Å². The third kappa shape index (κ3) is 7.38. The molecule has 0 unspecified atom stereocenters. The number of amides is 3. The molecule has 0 aromatic heterocycles. The van der Waals surface area contributed by atoms with Crippen molar-refractivity contribution in [3.05, 3.63) is 29.8 Å². The lowest BCUT2D eigenvalue weighted by molar-refractivity contribution is -0.118. The molecule has 0 saturated heterocycles. The van der Waals surface area contributed by atoms with E-state index in [9.17, 15) is 18.0 Å². The number of rotatable bonds is 8. The summed E-state index contributed by atoms with van der Waals surface area (Å²) in [5, 5.41) is 5.40. The zero-order valence-electron chi connectivity index (χ0n) is 15.2. The fraction of sp³-hybridized carbons (Fsp3) is 0.556. The summed E-state index contributed by atoms with van der Waals surface area (Å²) in [6.07, 6.45) is 6.43. The van der Waals surface area contributed by atoms with Gasteiger partial charge in [-0.1, -0.05) is 31.4 Å². The van der Waals surface area contributed by atoms with Gasteiger partial charge in [-0.2, -0.15) is 0 Å². The second-order valence-corrected chi connectivity index (χ2v) is 8.59. The fourth-order valence-electron chi connectivity index (χ4n) is 3.05. The molecule has 0 spiro atoms. The molecule has 0 radical (unpaired) electrons. The number of benzene rings is 1. The van der Waals surface area contributed by atoms with E-state index in [1.165, 1.54) is 12.1 Å². The molecule has 1 aliphatic carbocycles. The second-order valence-electron chi connectivity index (χ2n) is 6.64. The summed E-state index contributed by atoms with van der Waals surface area (Å²) in [7, 11) is -3.90. The molecule has 3 N–H and O–H groups in total. The lowest BCUT2D eigenvalue weighted by Gasteiger charge is -2.22. The first-order chi connectivity index (χ1) is 12.9. The highest BCUT2D eigenvalue weighted by Gasteiger charge is 2.21. The van der Waals surface area contributed by atoms with E-state index in [0.29, 0.717) is 13.0 Å². The largest absolute Gasteiger partial charge is 0.355 e. The molecule has 9 heteroatoms. The van der Waals surface area contributed by atoms with Crippen LogP contribution in [0, 0.1) is 0 Å². The van der Waals surface area contributed by atoms with Crippen LogP contribution in [0.25, 0.3) is 0 Å². The van der Waals surface area contributed by atoms with Gasteiger partial charge in [0.2, 0.25) is 5.91 Å². The highest BCUT2D eigenvalue weighted by molar-refractivity contribution is 7.90. The second kappa shape index (κ2) is 10.5. The summed E-state index contributed by atoms with van der Waals surface area (Å²) < 4.78 is 26.7. The van der Waals surface area contributed by atoms with E-state index in [0.717, 1.165) is 44.1 Å². The standard InChI is InChI=1S/C18H26ClN3O4S/c19-13-17(23)20-12-4-5-14-8-10-16(11-9-14)27(25,26)22-18(24)21-15-6-2-1-3-7-15/h8-11,15H,1-7,12-13H2,(H,20,23)(H2,21,22,24). The molecule has 3 amide bonds. The lowest BCUT2D eigenvalue weighted by Crippen LogP contribution is -2.45. The molecule has 1 aromatic carbocycles. The summed E-state index contributed by atoms with van der Waals surface area (Å²) in [6.45, 7) is 0.508.